The SMILES string of the molecule is CCOC(=O)C1CCC(Cc2nc3ccc([N+](=O)[O-])cc3[nH]2)CC1. The number of esters is 1. The monoisotopic (exact) mass is 331 g/mol. The number of nitrogens with zero attached hydrogens (tertiary/aromatic N) is 2. The van der Waals surface area contributed by atoms with Crippen molar-refractivity contribution in [3.05, 3.63) is 34.1 Å². The number of non-ortho nitro benzene ring substituents is 1. The lowest BCUT2D eigenvalue weighted by Crippen LogP contribution is -2.24. The molecule has 1 fully saturated rings. The van der Waals surface area contributed by atoms with Crippen LogP contribution in [0.3, 0.4) is 0 Å². The summed E-state index contributed by atoms with van der Waals surface area (Å²) >= 11 is 0. The quantitative estimate of drug-likeness (QED) is 0.514. The van der Waals surface area contributed by atoms with Crippen LogP contribution in [-0.4, -0.2) is 27.5 Å². The van der Waals surface area contributed by atoms with E-state index in [-0.39, 0.29) is 17.6 Å². The standard InChI is InChI=1S/C17H21N3O4/c1-2-24-17(21)12-5-3-11(4-6-12)9-16-18-14-8-7-13(20(22)23)10-15(14)19-16/h7-8,10-12H,2-6,9H2,1H3,(H,18,19). The number of imidazole rings is 1. The molecule has 1 aromatic carbocycles. The third-order valence-electron chi connectivity index (χ3n) is 4.67. The summed E-state index contributed by atoms with van der Waals surface area (Å²) in [6, 6.07) is 4.66. The number of nitro groups is 1. The van der Waals surface area contributed by atoms with E-state index in [1.807, 2.05) is 6.92 Å². The maximum Gasteiger partial charge on any atom is 0.308 e. The van der Waals surface area contributed by atoms with Crippen LogP contribution in [0.15, 0.2) is 18.2 Å². The highest BCUT2D eigenvalue weighted by Crippen LogP contribution is 2.32. The fraction of sp³-hybridized carbons (Fsp3) is 0.529. The van der Waals surface area contributed by atoms with Crippen molar-refractivity contribution in [2.75, 3.05) is 6.61 Å². The number of rotatable bonds is 5. The van der Waals surface area contributed by atoms with Crippen molar-refractivity contribution in [1.82, 2.24) is 9.97 Å². The number of carbonyl (C=O) groups is 1. The van der Waals surface area contributed by atoms with Crippen molar-refractivity contribution in [3.63, 3.8) is 0 Å². The van der Waals surface area contributed by atoms with E-state index < -0.39 is 4.92 Å². The molecule has 1 aliphatic carbocycles. The van der Waals surface area contributed by atoms with Crippen LogP contribution in [0.5, 0.6) is 0 Å². The summed E-state index contributed by atoms with van der Waals surface area (Å²) in [5, 5.41) is 10.8. The Bertz CT molecular complexity index is 747. The number of nitro benzene ring substituents is 1. The fourth-order valence-electron chi connectivity index (χ4n) is 3.40. The maximum absolute atomic E-state index is 11.8. The second-order valence-electron chi connectivity index (χ2n) is 6.32. The average molecular weight is 331 g/mol. The molecular formula is C17H21N3O4. The van der Waals surface area contributed by atoms with Gasteiger partial charge in [-0.2, -0.15) is 0 Å². The Hall–Kier alpha value is -2.44. The molecule has 3 rings (SSSR count). The second-order valence-corrected chi connectivity index (χ2v) is 6.32. The van der Waals surface area contributed by atoms with Crippen molar-refractivity contribution in [1.29, 1.82) is 0 Å². The van der Waals surface area contributed by atoms with Crippen molar-refractivity contribution >= 4 is 22.7 Å². The van der Waals surface area contributed by atoms with E-state index in [2.05, 4.69) is 9.97 Å². The topological polar surface area (TPSA) is 98.1 Å². The molecule has 1 N–H and O–H groups in total. The molecule has 128 valence electrons. The van der Waals surface area contributed by atoms with Crippen LogP contribution < -0.4 is 0 Å². The van der Waals surface area contributed by atoms with Gasteiger partial charge >= 0.3 is 5.97 Å². The van der Waals surface area contributed by atoms with E-state index in [1.165, 1.54) is 12.1 Å². The highest BCUT2D eigenvalue weighted by molar-refractivity contribution is 5.77. The molecule has 0 amide bonds. The minimum absolute atomic E-state index is 0.0273. The fourth-order valence-corrected chi connectivity index (χ4v) is 3.40. The van der Waals surface area contributed by atoms with Crippen LogP contribution in [0.25, 0.3) is 11.0 Å². The summed E-state index contributed by atoms with van der Waals surface area (Å²) in [6.45, 7) is 2.26. The molecular weight excluding hydrogens is 310 g/mol. The first-order chi connectivity index (χ1) is 11.6. The lowest BCUT2D eigenvalue weighted by atomic mass is 9.80. The largest absolute Gasteiger partial charge is 0.466 e. The Morgan fingerprint density at radius 2 is 2.12 bits per heavy atom. The minimum atomic E-state index is -0.406. The van der Waals surface area contributed by atoms with Crippen LogP contribution in [-0.2, 0) is 16.0 Å². The van der Waals surface area contributed by atoms with Crippen molar-refractivity contribution < 1.29 is 14.5 Å². The molecule has 1 saturated carbocycles. The first-order valence-corrected chi connectivity index (χ1v) is 8.36. The summed E-state index contributed by atoms with van der Waals surface area (Å²) in [6.07, 6.45) is 4.46. The zero-order valence-corrected chi connectivity index (χ0v) is 13.7. The molecule has 7 heteroatoms. The molecule has 7 nitrogen and oxygen atoms in total. The average Bonchev–Trinajstić information content (AvgIpc) is 2.97. The van der Waals surface area contributed by atoms with Gasteiger partial charge in [0.1, 0.15) is 5.82 Å². The second kappa shape index (κ2) is 6.98. The van der Waals surface area contributed by atoms with Crippen molar-refractivity contribution in [2.24, 2.45) is 11.8 Å². The number of hydrogen-bond donors (Lipinski definition) is 1. The number of aromatic amines is 1. The van der Waals surface area contributed by atoms with E-state index in [0.29, 0.717) is 18.0 Å². The molecule has 2 aromatic rings. The van der Waals surface area contributed by atoms with E-state index in [9.17, 15) is 14.9 Å². The third kappa shape index (κ3) is 3.55. The lowest BCUT2D eigenvalue weighted by Gasteiger charge is -2.26. The third-order valence-corrected chi connectivity index (χ3v) is 4.67. The normalized spacial score (nSPS) is 20.9. The number of benzene rings is 1. The minimum Gasteiger partial charge on any atom is -0.466 e. The van der Waals surface area contributed by atoms with Crippen LogP contribution in [0.1, 0.15) is 38.4 Å². The van der Waals surface area contributed by atoms with Crippen molar-refractivity contribution in [3.8, 4) is 0 Å². The van der Waals surface area contributed by atoms with Gasteiger partial charge in [-0.15, -0.1) is 0 Å². The summed E-state index contributed by atoms with van der Waals surface area (Å²) in [5.74, 6) is 1.28. The summed E-state index contributed by atoms with van der Waals surface area (Å²) in [5.41, 5.74) is 1.50. The maximum atomic E-state index is 11.8. The molecule has 1 heterocycles. The molecule has 0 spiro atoms. The zero-order valence-electron chi connectivity index (χ0n) is 13.7. The van der Waals surface area contributed by atoms with Gasteiger partial charge in [-0.1, -0.05) is 0 Å². The summed E-state index contributed by atoms with van der Waals surface area (Å²) < 4.78 is 5.09. The number of aromatic nitrogens is 2. The number of ether oxygens (including phenoxy) is 1. The van der Waals surface area contributed by atoms with E-state index >= 15 is 0 Å². The first-order valence-electron chi connectivity index (χ1n) is 8.36. The number of hydrogen-bond acceptors (Lipinski definition) is 5. The van der Waals surface area contributed by atoms with Gasteiger partial charge in [0.25, 0.3) is 5.69 Å². The van der Waals surface area contributed by atoms with Crippen LogP contribution in [0.2, 0.25) is 0 Å². The smallest absolute Gasteiger partial charge is 0.308 e. The van der Waals surface area contributed by atoms with Crippen LogP contribution >= 0.6 is 0 Å². The van der Waals surface area contributed by atoms with Gasteiger partial charge in [-0.25, -0.2) is 4.98 Å². The van der Waals surface area contributed by atoms with E-state index in [1.54, 1.807) is 6.07 Å². The summed E-state index contributed by atoms with van der Waals surface area (Å²) in [7, 11) is 0. The van der Waals surface area contributed by atoms with Gasteiger partial charge in [0, 0.05) is 18.6 Å². The van der Waals surface area contributed by atoms with Crippen molar-refractivity contribution in [2.45, 2.75) is 39.0 Å². The van der Waals surface area contributed by atoms with Crippen LogP contribution in [0, 0.1) is 22.0 Å². The molecule has 0 atom stereocenters. The molecule has 0 saturated heterocycles. The lowest BCUT2D eigenvalue weighted by molar-refractivity contribution is -0.384. The van der Waals surface area contributed by atoms with E-state index in [0.717, 1.165) is 43.4 Å². The molecule has 24 heavy (non-hydrogen) atoms. The van der Waals surface area contributed by atoms with E-state index in [4.69, 9.17) is 4.74 Å². The highest BCUT2D eigenvalue weighted by atomic mass is 16.6. The predicted octanol–water partition coefficient (Wildman–Crippen LogP) is 3.38. The van der Waals surface area contributed by atoms with Crippen LogP contribution in [0.4, 0.5) is 5.69 Å². The highest BCUT2D eigenvalue weighted by Gasteiger charge is 2.27. The van der Waals surface area contributed by atoms with Gasteiger partial charge in [0.05, 0.1) is 28.5 Å². The molecule has 0 radical (unpaired) electrons. The Labute approximate surface area is 139 Å². The predicted molar refractivity (Wildman–Crippen MR) is 88.5 cm³/mol. The Morgan fingerprint density at radius 3 is 2.79 bits per heavy atom. The van der Waals surface area contributed by atoms with Gasteiger partial charge < -0.3 is 9.72 Å². The van der Waals surface area contributed by atoms with Gasteiger partial charge in [0.15, 0.2) is 0 Å². The molecule has 1 aromatic heterocycles. The van der Waals surface area contributed by atoms with Gasteiger partial charge in [-0.05, 0) is 44.6 Å². The number of nitrogens with one attached hydrogen (secondary N) is 1. The van der Waals surface area contributed by atoms with Gasteiger partial charge in [-0.3, -0.25) is 14.9 Å². The summed E-state index contributed by atoms with van der Waals surface area (Å²) in [4.78, 5) is 29.9. The Balaban J connectivity index is 1.62. The molecule has 0 bridgehead atoms. The number of carbonyl (C=O) groups excluding carboxylic acids is 1. The Kier molecular flexibility index (Phi) is 4.78. The van der Waals surface area contributed by atoms with Gasteiger partial charge in [0.2, 0.25) is 0 Å². The molecule has 0 aliphatic heterocycles. The zero-order chi connectivity index (χ0) is 17.1. The number of H-pyrrole nitrogens is 1. The first kappa shape index (κ1) is 16.4. The number of fused-ring (bicyclic) bond motifs is 1. The Morgan fingerprint density at radius 1 is 1.38 bits per heavy atom. The molecule has 0 unspecified atom stereocenters. The molecule has 1 aliphatic rings.